The lowest BCUT2D eigenvalue weighted by Crippen LogP contribution is -2.61. The van der Waals surface area contributed by atoms with Crippen molar-refractivity contribution < 1.29 is 24.6 Å². The van der Waals surface area contributed by atoms with Crippen LogP contribution in [0.2, 0.25) is 0 Å². The molecule has 0 amide bonds. The SMILES string of the molecule is N#Cc1ccc(COP(=O)([O-])[O-])cc1.[NH3+]C1CCCCC1. The Bertz CT molecular complexity index is 501. The van der Waals surface area contributed by atoms with Crippen LogP contribution in [0.4, 0.5) is 0 Å². The average molecular weight is 311 g/mol. The maximum absolute atomic E-state index is 10.1. The van der Waals surface area contributed by atoms with Gasteiger partial charge in [0.2, 0.25) is 0 Å². The summed E-state index contributed by atoms with van der Waals surface area (Å²) in [5, 5.41) is 8.46. The summed E-state index contributed by atoms with van der Waals surface area (Å²) in [5.41, 5.74) is 4.98. The number of hydrogen-bond acceptors (Lipinski definition) is 5. The van der Waals surface area contributed by atoms with Crippen LogP contribution in [0.1, 0.15) is 43.2 Å². The van der Waals surface area contributed by atoms with Crippen molar-refractivity contribution in [3.05, 3.63) is 35.4 Å². The van der Waals surface area contributed by atoms with Crippen molar-refractivity contribution >= 4 is 7.82 Å². The zero-order chi connectivity index (χ0) is 15.7. The van der Waals surface area contributed by atoms with Gasteiger partial charge in [-0.05, 0) is 43.4 Å². The first-order chi connectivity index (χ1) is 9.90. The van der Waals surface area contributed by atoms with Crippen molar-refractivity contribution in [1.29, 1.82) is 5.26 Å². The summed E-state index contributed by atoms with van der Waals surface area (Å²) >= 11 is 0. The summed E-state index contributed by atoms with van der Waals surface area (Å²) in [6.07, 6.45) is 7.05. The fraction of sp³-hybridized carbons (Fsp3) is 0.500. The second-order valence-corrected chi connectivity index (χ2v) is 6.19. The van der Waals surface area contributed by atoms with Crippen LogP contribution >= 0.6 is 7.82 Å². The van der Waals surface area contributed by atoms with E-state index >= 15 is 0 Å². The molecule has 1 saturated carbocycles. The van der Waals surface area contributed by atoms with Gasteiger partial charge in [-0.3, -0.25) is 0 Å². The van der Waals surface area contributed by atoms with Gasteiger partial charge in [0.1, 0.15) is 0 Å². The van der Waals surface area contributed by atoms with Crippen molar-refractivity contribution in [3.63, 3.8) is 0 Å². The molecule has 1 aromatic carbocycles. The maximum atomic E-state index is 10.1. The molecule has 7 heteroatoms. The van der Waals surface area contributed by atoms with Gasteiger partial charge in [-0.2, -0.15) is 5.26 Å². The van der Waals surface area contributed by atoms with Crippen LogP contribution in [0.25, 0.3) is 0 Å². The van der Waals surface area contributed by atoms with Gasteiger partial charge in [0.15, 0.2) is 0 Å². The molecule has 0 aliphatic heterocycles. The molecule has 116 valence electrons. The van der Waals surface area contributed by atoms with E-state index in [9.17, 15) is 14.4 Å². The molecule has 0 heterocycles. The number of nitrogens with zero attached hydrogens (tertiary/aromatic N) is 1. The molecular formula is C14H20N2O4P-. The largest absolute Gasteiger partial charge is 0.790 e. The topological polar surface area (TPSA) is 124 Å². The molecule has 6 nitrogen and oxygen atoms in total. The van der Waals surface area contributed by atoms with Gasteiger partial charge in [-0.25, -0.2) is 0 Å². The number of quaternary nitrogens is 1. The molecule has 0 aromatic heterocycles. The second kappa shape index (κ2) is 8.93. The van der Waals surface area contributed by atoms with E-state index in [4.69, 9.17) is 5.26 Å². The Labute approximate surface area is 124 Å². The van der Waals surface area contributed by atoms with Crippen LogP contribution in [-0.4, -0.2) is 6.04 Å². The van der Waals surface area contributed by atoms with Gasteiger partial charge in [0, 0.05) is 0 Å². The van der Waals surface area contributed by atoms with Crippen molar-refractivity contribution in [2.45, 2.75) is 44.8 Å². The lowest BCUT2D eigenvalue weighted by atomic mass is 9.97. The molecule has 0 saturated heterocycles. The van der Waals surface area contributed by atoms with E-state index in [2.05, 4.69) is 10.3 Å². The standard InChI is InChI=1S/C8H8NO4P.C6H13N/c9-5-7-1-3-8(4-2-7)6-13-14(10,11)12;7-6-4-2-1-3-5-6/h1-4H,6H2,(H2,10,11,12);6H,1-5,7H2/p-1. The van der Waals surface area contributed by atoms with E-state index in [-0.39, 0.29) is 6.61 Å². The zero-order valence-corrected chi connectivity index (χ0v) is 12.8. The second-order valence-electron chi connectivity index (χ2n) is 5.03. The van der Waals surface area contributed by atoms with E-state index in [0.717, 1.165) is 6.04 Å². The van der Waals surface area contributed by atoms with Crippen molar-refractivity contribution in [1.82, 2.24) is 0 Å². The Morgan fingerprint density at radius 3 is 2.19 bits per heavy atom. The first-order valence-electron chi connectivity index (χ1n) is 6.89. The minimum atomic E-state index is -4.91. The van der Waals surface area contributed by atoms with Crippen molar-refractivity contribution in [2.75, 3.05) is 0 Å². The van der Waals surface area contributed by atoms with Crippen LogP contribution in [0.3, 0.4) is 0 Å². The number of phosphoric acid groups is 1. The summed E-state index contributed by atoms with van der Waals surface area (Å²) < 4.78 is 14.2. The summed E-state index contributed by atoms with van der Waals surface area (Å²) in [5.74, 6) is 0. The minimum absolute atomic E-state index is 0.296. The van der Waals surface area contributed by atoms with Crippen LogP contribution in [0.5, 0.6) is 0 Å². The minimum Gasteiger partial charge on any atom is -0.790 e. The molecule has 0 atom stereocenters. The Morgan fingerprint density at radius 2 is 1.81 bits per heavy atom. The summed E-state index contributed by atoms with van der Waals surface area (Å²) in [7, 11) is -4.91. The van der Waals surface area contributed by atoms with Gasteiger partial charge >= 0.3 is 0 Å². The number of rotatable bonds is 3. The highest BCUT2D eigenvalue weighted by molar-refractivity contribution is 7.43. The molecule has 2 rings (SSSR count). The molecule has 3 N–H and O–H groups in total. The summed E-state index contributed by atoms with van der Waals surface area (Å²) in [6, 6.07) is 8.76. The lowest BCUT2D eigenvalue weighted by Gasteiger charge is -2.28. The molecule has 1 aliphatic rings. The summed E-state index contributed by atoms with van der Waals surface area (Å²) in [6.45, 7) is -0.296. The van der Waals surface area contributed by atoms with E-state index < -0.39 is 7.82 Å². The average Bonchev–Trinajstić information content (AvgIpc) is 2.46. The maximum Gasteiger partial charge on any atom is 0.0991 e. The summed E-state index contributed by atoms with van der Waals surface area (Å²) in [4.78, 5) is 20.3. The first-order valence-corrected chi connectivity index (χ1v) is 8.35. The third-order valence-corrected chi connectivity index (χ3v) is 3.64. The van der Waals surface area contributed by atoms with Gasteiger partial charge in [-0.15, -0.1) is 0 Å². The van der Waals surface area contributed by atoms with Gasteiger partial charge < -0.3 is 24.6 Å². The Hall–Kier alpha value is -1.22. The van der Waals surface area contributed by atoms with Crippen molar-refractivity contribution in [3.8, 4) is 6.07 Å². The Kier molecular flexibility index (Phi) is 7.58. The molecule has 0 unspecified atom stereocenters. The molecule has 0 bridgehead atoms. The first kappa shape index (κ1) is 17.8. The van der Waals surface area contributed by atoms with Crippen LogP contribution in [-0.2, 0) is 15.7 Å². The third-order valence-electron chi connectivity index (χ3n) is 3.20. The van der Waals surface area contributed by atoms with E-state index in [1.54, 1.807) is 0 Å². The third kappa shape index (κ3) is 8.61. The normalized spacial score (nSPS) is 15.7. The van der Waals surface area contributed by atoms with Crippen LogP contribution in [0.15, 0.2) is 24.3 Å². The number of nitriles is 1. The fourth-order valence-corrected chi connectivity index (χ4v) is 2.32. The molecule has 1 fully saturated rings. The van der Waals surface area contributed by atoms with E-state index in [0.29, 0.717) is 11.1 Å². The molecule has 0 spiro atoms. The molecule has 0 radical (unpaired) electrons. The number of hydrogen-bond donors (Lipinski definition) is 1. The highest BCUT2D eigenvalue weighted by Crippen LogP contribution is 2.26. The van der Waals surface area contributed by atoms with Gasteiger partial charge in [0.25, 0.3) is 0 Å². The number of phosphoric ester groups is 1. The highest BCUT2D eigenvalue weighted by atomic mass is 31.2. The van der Waals surface area contributed by atoms with Crippen LogP contribution < -0.4 is 15.5 Å². The smallest absolute Gasteiger partial charge is 0.0991 e. The van der Waals surface area contributed by atoms with Gasteiger partial charge in [0.05, 0.1) is 32.1 Å². The van der Waals surface area contributed by atoms with Crippen LogP contribution in [0, 0.1) is 11.3 Å². The predicted molar refractivity (Wildman–Crippen MR) is 73.3 cm³/mol. The Morgan fingerprint density at radius 1 is 1.24 bits per heavy atom. The molecule has 1 aliphatic carbocycles. The quantitative estimate of drug-likeness (QED) is 0.812. The zero-order valence-electron chi connectivity index (χ0n) is 11.9. The van der Waals surface area contributed by atoms with Crippen molar-refractivity contribution in [2.24, 2.45) is 0 Å². The van der Waals surface area contributed by atoms with Gasteiger partial charge in [-0.1, -0.05) is 18.6 Å². The van der Waals surface area contributed by atoms with E-state index in [1.807, 2.05) is 6.07 Å². The molecular weight excluding hydrogens is 291 g/mol. The molecule has 21 heavy (non-hydrogen) atoms. The molecule has 1 aromatic rings. The fourth-order valence-electron chi connectivity index (χ4n) is 2.02. The Balaban J connectivity index is 0.000000262. The monoisotopic (exact) mass is 311 g/mol. The number of benzene rings is 1. The predicted octanol–water partition coefficient (Wildman–Crippen LogP) is 0.465. The highest BCUT2D eigenvalue weighted by Gasteiger charge is 2.09. The van der Waals surface area contributed by atoms with E-state index in [1.165, 1.54) is 56.4 Å². The lowest BCUT2D eigenvalue weighted by molar-refractivity contribution is -0.425.